The number of carbonyl (C=O) groups is 1. The fourth-order valence-corrected chi connectivity index (χ4v) is 4.75. The van der Waals surface area contributed by atoms with Crippen molar-refractivity contribution in [3.05, 3.63) is 58.4 Å². The first-order chi connectivity index (χ1) is 15.6. The molecule has 166 valence electrons. The van der Waals surface area contributed by atoms with Crippen LogP contribution in [0.25, 0.3) is 10.9 Å². The molecule has 2 aliphatic heterocycles. The van der Waals surface area contributed by atoms with Crippen molar-refractivity contribution in [1.82, 2.24) is 4.98 Å². The third kappa shape index (κ3) is 3.90. The quantitative estimate of drug-likeness (QED) is 0.578. The molecule has 32 heavy (non-hydrogen) atoms. The number of nitrogens with zero attached hydrogens (tertiary/aromatic N) is 2. The van der Waals surface area contributed by atoms with Gasteiger partial charge in [-0.05, 0) is 74.6 Å². The van der Waals surface area contributed by atoms with Crippen LogP contribution in [0.3, 0.4) is 0 Å². The van der Waals surface area contributed by atoms with Gasteiger partial charge in [0.15, 0.2) is 0 Å². The normalized spacial score (nSPS) is 16.5. The lowest BCUT2D eigenvalue weighted by atomic mass is 10.1. The van der Waals surface area contributed by atoms with Crippen molar-refractivity contribution in [1.29, 1.82) is 0 Å². The van der Waals surface area contributed by atoms with Crippen LogP contribution in [0.15, 0.2) is 47.3 Å². The van der Waals surface area contributed by atoms with E-state index in [0.29, 0.717) is 16.6 Å². The van der Waals surface area contributed by atoms with Crippen LogP contribution in [0, 0.1) is 0 Å². The van der Waals surface area contributed by atoms with E-state index >= 15 is 0 Å². The summed E-state index contributed by atoms with van der Waals surface area (Å²) in [7, 11) is 0. The number of amides is 1. The number of carbonyl (C=O) groups excluding carboxylic acids is 1. The number of rotatable bonds is 4. The number of pyridine rings is 1. The number of fused-ring (bicyclic) bond motifs is 1. The minimum Gasteiger partial charge on any atom is -0.506 e. The summed E-state index contributed by atoms with van der Waals surface area (Å²) < 4.78 is 0. The van der Waals surface area contributed by atoms with Crippen LogP contribution in [0.1, 0.15) is 42.5 Å². The van der Waals surface area contributed by atoms with E-state index in [1.807, 2.05) is 36.4 Å². The van der Waals surface area contributed by atoms with Gasteiger partial charge < -0.3 is 25.2 Å². The molecule has 2 saturated heterocycles. The minimum atomic E-state index is -0.622. The number of nitrogens with one attached hydrogen (secondary N) is 2. The Morgan fingerprint density at radius 3 is 2.12 bits per heavy atom. The molecule has 2 aromatic carbocycles. The lowest BCUT2D eigenvalue weighted by Crippen LogP contribution is -2.29. The van der Waals surface area contributed by atoms with E-state index in [1.165, 1.54) is 19.3 Å². The maximum atomic E-state index is 12.9. The lowest BCUT2D eigenvalue weighted by Gasteiger charge is -2.28. The largest absolute Gasteiger partial charge is 0.506 e. The van der Waals surface area contributed by atoms with Gasteiger partial charge in [-0.3, -0.25) is 9.59 Å². The van der Waals surface area contributed by atoms with Gasteiger partial charge in [-0.2, -0.15) is 0 Å². The van der Waals surface area contributed by atoms with E-state index in [0.717, 1.165) is 50.4 Å². The number of aromatic hydroxyl groups is 1. The van der Waals surface area contributed by atoms with E-state index < -0.39 is 11.5 Å². The SMILES string of the molecule is O=C(Nc1ccc(N2CCCCC2)cc1)c1c(O)c2cc(N3CCCC3)ccc2[nH]c1=O. The lowest BCUT2D eigenvalue weighted by molar-refractivity contribution is 0.102. The van der Waals surface area contributed by atoms with E-state index in [4.69, 9.17) is 0 Å². The Morgan fingerprint density at radius 1 is 0.844 bits per heavy atom. The van der Waals surface area contributed by atoms with Crippen molar-refractivity contribution in [2.45, 2.75) is 32.1 Å². The zero-order valence-electron chi connectivity index (χ0n) is 18.1. The third-order valence-electron chi connectivity index (χ3n) is 6.51. The summed E-state index contributed by atoms with van der Waals surface area (Å²) in [4.78, 5) is 32.8. The number of H-pyrrole nitrogens is 1. The molecule has 7 heteroatoms. The molecule has 0 bridgehead atoms. The zero-order valence-corrected chi connectivity index (χ0v) is 18.1. The number of benzene rings is 2. The molecule has 0 atom stereocenters. The Labute approximate surface area is 186 Å². The van der Waals surface area contributed by atoms with Crippen LogP contribution >= 0.6 is 0 Å². The van der Waals surface area contributed by atoms with E-state index in [2.05, 4.69) is 20.1 Å². The van der Waals surface area contributed by atoms with Crippen LogP contribution in [-0.2, 0) is 0 Å². The molecule has 3 heterocycles. The number of hydrogen-bond acceptors (Lipinski definition) is 5. The Balaban J connectivity index is 1.40. The molecular weight excluding hydrogens is 404 g/mol. The Kier molecular flexibility index (Phi) is 5.47. The minimum absolute atomic E-state index is 0.267. The number of aromatic amines is 1. The zero-order chi connectivity index (χ0) is 22.1. The number of aromatic nitrogens is 1. The van der Waals surface area contributed by atoms with Crippen LogP contribution in [-0.4, -0.2) is 42.2 Å². The summed E-state index contributed by atoms with van der Waals surface area (Å²) in [5.74, 6) is -0.907. The predicted octanol–water partition coefficient (Wildman–Crippen LogP) is 4.08. The van der Waals surface area contributed by atoms with Gasteiger partial charge in [0.05, 0.1) is 5.52 Å². The summed E-state index contributed by atoms with van der Waals surface area (Å²) in [6, 6.07) is 13.2. The first-order valence-corrected chi connectivity index (χ1v) is 11.4. The first kappa shape index (κ1) is 20.4. The average molecular weight is 433 g/mol. The number of piperidine rings is 1. The second kappa shape index (κ2) is 8.57. The van der Waals surface area contributed by atoms with Gasteiger partial charge in [0, 0.05) is 48.6 Å². The van der Waals surface area contributed by atoms with Crippen molar-refractivity contribution >= 4 is 33.9 Å². The summed E-state index contributed by atoms with van der Waals surface area (Å²) in [5, 5.41) is 14.1. The summed E-state index contributed by atoms with van der Waals surface area (Å²) in [5.41, 5.74) is 2.33. The van der Waals surface area contributed by atoms with Crippen LogP contribution in [0.2, 0.25) is 0 Å². The van der Waals surface area contributed by atoms with Crippen molar-refractivity contribution in [2.75, 3.05) is 41.3 Å². The van der Waals surface area contributed by atoms with E-state index in [1.54, 1.807) is 6.07 Å². The summed E-state index contributed by atoms with van der Waals surface area (Å²) >= 11 is 0. The van der Waals surface area contributed by atoms with Crippen molar-refractivity contribution < 1.29 is 9.90 Å². The van der Waals surface area contributed by atoms with Crippen LogP contribution in [0.4, 0.5) is 17.1 Å². The predicted molar refractivity (Wildman–Crippen MR) is 128 cm³/mol. The average Bonchev–Trinajstić information content (AvgIpc) is 3.35. The topological polar surface area (TPSA) is 88.7 Å². The monoisotopic (exact) mass is 432 g/mol. The van der Waals surface area contributed by atoms with Crippen LogP contribution < -0.4 is 20.7 Å². The molecule has 5 rings (SSSR count). The fourth-order valence-electron chi connectivity index (χ4n) is 4.75. The third-order valence-corrected chi connectivity index (χ3v) is 6.51. The highest BCUT2D eigenvalue weighted by Gasteiger charge is 2.21. The molecule has 7 nitrogen and oxygen atoms in total. The van der Waals surface area contributed by atoms with Gasteiger partial charge in [-0.25, -0.2) is 0 Å². The first-order valence-electron chi connectivity index (χ1n) is 11.4. The molecule has 3 N–H and O–H groups in total. The molecule has 0 saturated carbocycles. The number of hydrogen-bond donors (Lipinski definition) is 3. The highest BCUT2D eigenvalue weighted by molar-refractivity contribution is 6.09. The second-order valence-electron chi connectivity index (χ2n) is 8.65. The van der Waals surface area contributed by atoms with Gasteiger partial charge in [0.1, 0.15) is 11.3 Å². The molecule has 2 aliphatic rings. The standard InChI is InChI=1S/C25H28N4O3/c30-23-20-16-19(29-14-4-5-15-29)10-11-21(20)27-25(32)22(23)24(31)26-17-6-8-18(9-7-17)28-12-2-1-3-13-28/h6-11,16H,1-5,12-15H2,(H,26,31)(H2,27,30,32). The van der Waals surface area contributed by atoms with Gasteiger partial charge in [0.25, 0.3) is 11.5 Å². The smallest absolute Gasteiger partial charge is 0.265 e. The molecule has 0 radical (unpaired) electrons. The van der Waals surface area contributed by atoms with Crippen molar-refractivity contribution in [3.63, 3.8) is 0 Å². The van der Waals surface area contributed by atoms with E-state index in [9.17, 15) is 14.7 Å². The highest BCUT2D eigenvalue weighted by Crippen LogP contribution is 2.31. The van der Waals surface area contributed by atoms with E-state index in [-0.39, 0.29) is 11.3 Å². The maximum absolute atomic E-state index is 12.9. The number of anilines is 3. The molecule has 0 unspecified atom stereocenters. The molecule has 0 aliphatic carbocycles. The summed E-state index contributed by atoms with van der Waals surface area (Å²) in [6.45, 7) is 4.03. The molecule has 1 aromatic heterocycles. The maximum Gasteiger partial charge on any atom is 0.265 e. The Bertz CT molecular complexity index is 1190. The van der Waals surface area contributed by atoms with Gasteiger partial charge in [-0.15, -0.1) is 0 Å². The van der Waals surface area contributed by atoms with Gasteiger partial charge in [0.2, 0.25) is 0 Å². The molecule has 0 spiro atoms. The van der Waals surface area contributed by atoms with Crippen LogP contribution in [0.5, 0.6) is 5.75 Å². The molecule has 1 amide bonds. The highest BCUT2D eigenvalue weighted by atomic mass is 16.3. The van der Waals surface area contributed by atoms with Gasteiger partial charge in [-0.1, -0.05) is 0 Å². The molecule has 3 aromatic rings. The van der Waals surface area contributed by atoms with Gasteiger partial charge >= 0.3 is 0 Å². The molecule has 2 fully saturated rings. The van der Waals surface area contributed by atoms with Crippen molar-refractivity contribution in [3.8, 4) is 5.75 Å². The summed E-state index contributed by atoms with van der Waals surface area (Å²) in [6.07, 6.45) is 5.94. The molecular formula is C25H28N4O3. The fraction of sp³-hybridized carbons (Fsp3) is 0.360. The second-order valence-corrected chi connectivity index (χ2v) is 8.65. The van der Waals surface area contributed by atoms with Crippen molar-refractivity contribution in [2.24, 2.45) is 0 Å². The Hall–Kier alpha value is -3.48. The Morgan fingerprint density at radius 2 is 1.44 bits per heavy atom.